The van der Waals surface area contributed by atoms with Crippen LogP contribution in [0.3, 0.4) is 0 Å². The molecule has 61 valence electrons. The molecule has 10 heavy (non-hydrogen) atoms. The highest BCUT2D eigenvalue weighted by molar-refractivity contribution is 4.73. The maximum absolute atomic E-state index is 2.47. The van der Waals surface area contributed by atoms with Crippen LogP contribution in [0.1, 0.15) is 52.9 Å². The zero-order valence-corrected chi connectivity index (χ0v) is 7.69. The molecular weight excluding hydrogens is 120 g/mol. The maximum Gasteiger partial charge on any atom is -0.0358 e. The summed E-state index contributed by atoms with van der Waals surface area (Å²) in [5, 5.41) is 0. The summed E-state index contributed by atoms with van der Waals surface area (Å²) in [6.07, 6.45) is 9.16. The molecule has 0 aromatic rings. The Morgan fingerprint density at radius 1 is 1.00 bits per heavy atom. The topological polar surface area (TPSA) is 0 Å². The zero-order chi connectivity index (χ0) is 7.82. The largest absolute Gasteiger partial charge is 0.0654 e. The molecule has 0 heterocycles. The first-order valence-corrected chi connectivity index (χ1v) is 4.68. The Bertz CT molecular complexity index is 42.8. The predicted octanol–water partition coefficient (Wildman–Crippen LogP) is 3.82. The normalized spacial score (nSPS) is 10.8. The van der Waals surface area contributed by atoms with Crippen molar-refractivity contribution in [3.8, 4) is 0 Å². The lowest BCUT2D eigenvalue weighted by molar-refractivity contribution is 0.487. The Labute approximate surface area is 66.0 Å². The minimum absolute atomic E-state index is 0.903. The molecule has 0 saturated heterocycles. The molecule has 0 unspecified atom stereocenters. The third-order valence-corrected chi connectivity index (χ3v) is 1.89. The summed E-state index contributed by atoms with van der Waals surface area (Å²) in [5.41, 5.74) is 0. The van der Waals surface area contributed by atoms with Crippen molar-refractivity contribution < 1.29 is 0 Å². The lowest BCUT2D eigenvalue weighted by Gasteiger charge is -2.12. The van der Waals surface area contributed by atoms with Crippen molar-refractivity contribution in [2.24, 2.45) is 5.92 Å². The van der Waals surface area contributed by atoms with E-state index < -0.39 is 0 Å². The summed E-state index contributed by atoms with van der Waals surface area (Å²) in [6, 6.07) is 0. The molecular formula is C10H21. The molecule has 0 bridgehead atoms. The Morgan fingerprint density at radius 3 is 1.80 bits per heavy atom. The molecule has 0 aromatic heterocycles. The molecule has 0 N–H and O–H groups in total. The van der Waals surface area contributed by atoms with E-state index in [1.165, 1.54) is 32.1 Å². The second-order valence-electron chi connectivity index (χ2n) is 2.98. The highest BCUT2D eigenvalue weighted by Gasteiger charge is 2.03. The highest BCUT2D eigenvalue weighted by atomic mass is 14.1. The van der Waals surface area contributed by atoms with Gasteiger partial charge in [-0.2, -0.15) is 0 Å². The number of hydrogen-bond donors (Lipinski definition) is 0. The fraction of sp³-hybridized carbons (Fsp3) is 0.900. The van der Waals surface area contributed by atoms with E-state index in [0.29, 0.717) is 0 Å². The van der Waals surface area contributed by atoms with Gasteiger partial charge in [-0.05, 0) is 12.3 Å². The Hall–Kier alpha value is 0. The van der Waals surface area contributed by atoms with Crippen LogP contribution < -0.4 is 0 Å². The summed E-state index contributed by atoms with van der Waals surface area (Å²) >= 11 is 0. The van der Waals surface area contributed by atoms with Crippen molar-refractivity contribution in [1.29, 1.82) is 0 Å². The first-order valence-electron chi connectivity index (χ1n) is 4.68. The Balaban J connectivity index is 3.30. The van der Waals surface area contributed by atoms with E-state index >= 15 is 0 Å². The molecule has 0 aliphatic heterocycles. The molecule has 0 nitrogen and oxygen atoms in total. The van der Waals surface area contributed by atoms with Crippen LogP contribution in [0.2, 0.25) is 0 Å². The molecule has 0 fully saturated rings. The molecule has 0 rings (SSSR count). The van der Waals surface area contributed by atoms with Crippen molar-refractivity contribution in [1.82, 2.24) is 0 Å². The first kappa shape index (κ1) is 10.0. The molecule has 0 aromatic carbocycles. The van der Waals surface area contributed by atoms with Gasteiger partial charge < -0.3 is 0 Å². The van der Waals surface area contributed by atoms with Gasteiger partial charge in [0.1, 0.15) is 0 Å². The smallest absolute Gasteiger partial charge is 0.0358 e. The maximum atomic E-state index is 2.47. The van der Waals surface area contributed by atoms with E-state index in [-0.39, 0.29) is 0 Å². The van der Waals surface area contributed by atoms with Crippen molar-refractivity contribution in [3.05, 3.63) is 6.42 Å². The van der Waals surface area contributed by atoms with E-state index in [9.17, 15) is 0 Å². The van der Waals surface area contributed by atoms with Crippen LogP contribution in [-0.2, 0) is 0 Å². The van der Waals surface area contributed by atoms with Gasteiger partial charge in [-0.15, -0.1) is 0 Å². The summed E-state index contributed by atoms with van der Waals surface area (Å²) in [5.74, 6) is 0.903. The Morgan fingerprint density at radius 2 is 1.50 bits per heavy atom. The summed E-state index contributed by atoms with van der Waals surface area (Å²) < 4.78 is 0. The monoisotopic (exact) mass is 141 g/mol. The molecule has 0 spiro atoms. The fourth-order valence-electron chi connectivity index (χ4n) is 1.45. The van der Waals surface area contributed by atoms with Crippen LogP contribution in [-0.4, -0.2) is 0 Å². The van der Waals surface area contributed by atoms with Crippen molar-refractivity contribution in [3.63, 3.8) is 0 Å². The molecule has 0 heteroatoms. The molecule has 0 saturated carbocycles. The van der Waals surface area contributed by atoms with Gasteiger partial charge in [0.2, 0.25) is 0 Å². The van der Waals surface area contributed by atoms with Gasteiger partial charge >= 0.3 is 0 Å². The third kappa shape index (κ3) is 4.84. The van der Waals surface area contributed by atoms with E-state index in [4.69, 9.17) is 0 Å². The van der Waals surface area contributed by atoms with Gasteiger partial charge in [0.05, 0.1) is 0 Å². The molecule has 0 amide bonds. The number of rotatable bonds is 6. The minimum Gasteiger partial charge on any atom is -0.0654 e. The van der Waals surface area contributed by atoms with Crippen LogP contribution in [0.4, 0.5) is 0 Å². The lowest BCUT2D eigenvalue weighted by atomic mass is 9.94. The fourth-order valence-corrected chi connectivity index (χ4v) is 1.45. The second kappa shape index (κ2) is 7.11. The lowest BCUT2D eigenvalue weighted by Crippen LogP contribution is -1.99. The van der Waals surface area contributed by atoms with Crippen LogP contribution >= 0.6 is 0 Å². The van der Waals surface area contributed by atoms with Gasteiger partial charge in [-0.3, -0.25) is 0 Å². The SMILES string of the molecule is CC[CH]C(CCC)CCC. The van der Waals surface area contributed by atoms with E-state index in [2.05, 4.69) is 27.2 Å². The van der Waals surface area contributed by atoms with Gasteiger partial charge in [0.25, 0.3) is 0 Å². The van der Waals surface area contributed by atoms with E-state index in [0.717, 1.165) is 5.92 Å². The predicted molar refractivity (Wildman–Crippen MR) is 47.9 cm³/mol. The minimum atomic E-state index is 0.903. The molecule has 0 aliphatic carbocycles. The van der Waals surface area contributed by atoms with Crippen LogP contribution in [0.15, 0.2) is 0 Å². The van der Waals surface area contributed by atoms with Gasteiger partial charge in [-0.25, -0.2) is 0 Å². The standard InChI is InChI=1S/C10H21/c1-4-7-10(8-5-2)9-6-3/h7,10H,4-6,8-9H2,1-3H3. The third-order valence-electron chi connectivity index (χ3n) is 1.89. The van der Waals surface area contributed by atoms with Gasteiger partial charge in [0, 0.05) is 0 Å². The van der Waals surface area contributed by atoms with Crippen molar-refractivity contribution in [2.45, 2.75) is 52.9 Å². The molecule has 0 atom stereocenters. The van der Waals surface area contributed by atoms with Gasteiger partial charge in [-0.1, -0.05) is 52.9 Å². The second-order valence-corrected chi connectivity index (χ2v) is 2.98. The highest BCUT2D eigenvalue weighted by Crippen LogP contribution is 2.17. The van der Waals surface area contributed by atoms with E-state index in [1.807, 2.05) is 0 Å². The summed E-state index contributed by atoms with van der Waals surface area (Å²) in [4.78, 5) is 0. The summed E-state index contributed by atoms with van der Waals surface area (Å²) in [7, 11) is 0. The van der Waals surface area contributed by atoms with Crippen LogP contribution in [0, 0.1) is 12.3 Å². The zero-order valence-electron chi connectivity index (χ0n) is 7.69. The van der Waals surface area contributed by atoms with Crippen molar-refractivity contribution >= 4 is 0 Å². The van der Waals surface area contributed by atoms with E-state index in [1.54, 1.807) is 0 Å². The summed E-state index contributed by atoms with van der Waals surface area (Å²) in [6.45, 7) is 6.77. The molecule has 1 radical (unpaired) electrons. The number of hydrogen-bond acceptors (Lipinski definition) is 0. The quantitative estimate of drug-likeness (QED) is 0.527. The van der Waals surface area contributed by atoms with Crippen molar-refractivity contribution in [2.75, 3.05) is 0 Å². The first-order chi connectivity index (χ1) is 4.85. The van der Waals surface area contributed by atoms with Crippen LogP contribution in [0.25, 0.3) is 0 Å². The average molecular weight is 141 g/mol. The van der Waals surface area contributed by atoms with Gasteiger partial charge in [0.15, 0.2) is 0 Å². The average Bonchev–Trinajstić information content (AvgIpc) is 1.90. The molecule has 0 aliphatic rings. The van der Waals surface area contributed by atoms with Crippen LogP contribution in [0.5, 0.6) is 0 Å². The Kier molecular flexibility index (Phi) is 7.11.